The van der Waals surface area contributed by atoms with Gasteiger partial charge in [0.25, 0.3) is 0 Å². The molecule has 0 heterocycles. The van der Waals surface area contributed by atoms with Crippen LogP contribution in [-0.2, 0) is 11.1 Å². The van der Waals surface area contributed by atoms with Crippen LogP contribution in [0.15, 0.2) is 23.1 Å². The number of hydrogen-bond acceptors (Lipinski definition) is 3. The van der Waals surface area contributed by atoms with Gasteiger partial charge in [0.05, 0.1) is 18.6 Å². The van der Waals surface area contributed by atoms with Gasteiger partial charge in [-0.25, -0.2) is 4.21 Å². The molecule has 78 valence electrons. The van der Waals surface area contributed by atoms with Crippen LogP contribution >= 0.6 is 0 Å². The van der Waals surface area contributed by atoms with Crippen molar-refractivity contribution >= 4 is 11.1 Å². The van der Waals surface area contributed by atoms with E-state index in [-0.39, 0.29) is 0 Å². The summed E-state index contributed by atoms with van der Waals surface area (Å²) in [5.41, 5.74) is 0. The van der Waals surface area contributed by atoms with Crippen LogP contribution in [0.4, 0.5) is 0 Å². The molecule has 0 fully saturated rings. The van der Waals surface area contributed by atoms with Crippen molar-refractivity contribution in [3.63, 3.8) is 0 Å². The molecule has 0 saturated carbocycles. The summed E-state index contributed by atoms with van der Waals surface area (Å²) in [6.45, 7) is 2.38. The fourth-order valence-corrected chi connectivity index (χ4v) is 1.42. The van der Waals surface area contributed by atoms with Gasteiger partial charge >= 0.3 is 0 Å². The lowest BCUT2D eigenvalue weighted by Gasteiger charge is -2.09. The van der Waals surface area contributed by atoms with Crippen molar-refractivity contribution in [1.82, 2.24) is 0 Å². The third-order valence-corrected chi connectivity index (χ3v) is 2.29. The maximum absolute atomic E-state index is 10.8. The Morgan fingerprint density at radius 3 is 2.64 bits per heavy atom. The molecule has 0 spiro atoms. The maximum Gasteiger partial charge on any atom is 0.186 e. The zero-order chi connectivity index (χ0) is 10.6. The average Bonchev–Trinajstić information content (AvgIpc) is 2.18. The van der Waals surface area contributed by atoms with E-state index in [9.17, 15) is 4.21 Å². The summed E-state index contributed by atoms with van der Waals surface area (Å²) < 4.78 is 29.9. The first kappa shape index (κ1) is 11.0. The van der Waals surface area contributed by atoms with E-state index in [0.717, 1.165) is 0 Å². The molecule has 0 aliphatic carbocycles. The van der Waals surface area contributed by atoms with E-state index >= 15 is 0 Å². The first-order chi connectivity index (χ1) is 6.69. The van der Waals surface area contributed by atoms with Crippen molar-refractivity contribution in [3.8, 4) is 11.5 Å². The lowest BCUT2D eigenvalue weighted by atomic mass is 10.3. The minimum Gasteiger partial charge on any atom is -0.493 e. The number of methoxy groups -OCH3 is 1. The topological polar surface area (TPSA) is 55.8 Å². The Bertz CT molecular complexity index is 338. The van der Waals surface area contributed by atoms with Gasteiger partial charge in [-0.1, -0.05) is 0 Å². The monoisotopic (exact) mass is 216 g/mol. The molecule has 0 aromatic heterocycles. The zero-order valence-corrected chi connectivity index (χ0v) is 8.84. The molecule has 1 aromatic rings. The quantitative estimate of drug-likeness (QED) is 0.778. The smallest absolute Gasteiger partial charge is 0.186 e. The van der Waals surface area contributed by atoms with Gasteiger partial charge in [0.15, 0.2) is 22.6 Å². The summed E-state index contributed by atoms with van der Waals surface area (Å²) in [5, 5.41) is 0. The third-order valence-electron chi connectivity index (χ3n) is 1.64. The molecule has 0 aliphatic heterocycles. The molecule has 1 N–H and O–H groups in total. The average molecular weight is 216 g/mol. The van der Waals surface area contributed by atoms with E-state index in [0.29, 0.717) is 23.0 Å². The Labute approximate surface area is 85.1 Å². The van der Waals surface area contributed by atoms with Gasteiger partial charge in [-0.05, 0) is 19.1 Å². The summed E-state index contributed by atoms with van der Waals surface area (Å²) in [5.74, 6) is 1.04. The van der Waals surface area contributed by atoms with Crippen LogP contribution in [0.3, 0.4) is 0 Å². The molecule has 0 saturated heterocycles. The molecule has 1 unspecified atom stereocenters. The van der Waals surface area contributed by atoms with E-state index in [1.807, 2.05) is 6.92 Å². The zero-order valence-electron chi connectivity index (χ0n) is 8.02. The van der Waals surface area contributed by atoms with Crippen molar-refractivity contribution in [2.24, 2.45) is 0 Å². The van der Waals surface area contributed by atoms with E-state index in [1.54, 1.807) is 6.07 Å². The van der Waals surface area contributed by atoms with Crippen molar-refractivity contribution in [1.29, 1.82) is 0 Å². The summed E-state index contributed by atoms with van der Waals surface area (Å²) in [7, 11) is 1.49. The second-order valence-corrected chi connectivity index (χ2v) is 3.46. The molecule has 1 atom stereocenters. The van der Waals surface area contributed by atoms with Gasteiger partial charge in [0.1, 0.15) is 0 Å². The van der Waals surface area contributed by atoms with Gasteiger partial charge < -0.3 is 14.0 Å². The molecule has 0 radical (unpaired) electrons. The van der Waals surface area contributed by atoms with E-state index in [1.165, 1.54) is 19.2 Å². The summed E-state index contributed by atoms with van der Waals surface area (Å²) in [6.07, 6.45) is 0. The molecule has 4 nitrogen and oxygen atoms in total. The first-order valence-corrected chi connectivity index (χ1v) is 5.21. The van der Waals surface area contributed by atoms with E-state index < -0.39 is 11.1 Å². The Hall–Kier alpha value is -1.07. The third kappa shape index (κ3) is 2.46. The lowest BCUT2D eigenvalue weighted by molar-refractivity contribution is 0.310. The molecule has 1 aromatic carbocycles. The van der Waals surface area contributed by atoms with E-state index in [2.05, 4.69) is 0 Å². The number of benzene rings is 1. The van der Waals surface area contributed by atoms with Crippen LogP contribution in [0.25, 0.3) is 0 Å². The highest BCUT2D eigenvalue weighted by atomic mass is 32.2. The van der Waals surface area contributed by atoms with E-state index in [4.69, 9.17) is 14.0 Å². The van der Waals surface area contributed by atoms with Gasteiger partial charge in [-0.3, -0.25) is 0 Å². The second kappa shape index (κ2) is 4.97. The highest BCUT2D eigenvalue weighted by molar-refractivity contribution is 7.79. The summed E-state index contributed by atoms with van der Waals surface area (Å²) in [6, 6.07) is 4.64. The predicted molar refractivity (Wildman–Crippen MR) is 53.2 cm³/mol. The molecule has 5 heteroatoms. The molecular weight excluding hydrogens is 204 g/mol. The Kier molecular flexibility index (Phi) is 3.91. The first-order valence-electron chi connectivity index (χ1n) is 4.10. The number of hydrogen-bond donors (Lipinski definition) is 1. The fraction of sp³-hybridized carbons (Fsp3) is 0.333. The minimum atomic E-state index is -1.99. The van der Waals surface area contributed by atoms with Crippen LogP contribution in [0.2, 0.25) is 0 Å². The molecule has 1 rings (SSSR count). The molecule has 14 heavy (non-hydrogen) atoms. The Morgan fingerprint density at radius 1 is 1.43 bits per heavy atom. The molecule has 0 bridgehead atoms. The summed E-state index contributed by atoms with van der Waals surface area (Å²) in [4.78, 5) is 0.297. The van der Waals surface area contributed by atoms with Crippen molar-refractivity contribution in [2.45, 2.75) is 11.8 Å². The normalized spacial score (nSPS) is 12.2. The second-order valence-electron chi connectivity index (χ2n) is 2.49. The summed E-state index contributed by atoms with van der Waals surface area (Å²) >= 11 is -1.99. The fourth-order valence-electron chi connectivity index (χ4n) is 1.03. The lowest BCUT2D eigenvalue weighted by Crippen LogP contribution is -1.97. The Balaban J connectivity index is 3.04. The Morgan fingerprint density at radius 2 is 2.14 bits per heavy atom. The standard InChI is InChI=1S/C9H12O4S/c1-3-13-8-5-4-7(14(10)11)6-9(8)12-2/h4-6H,3H2,1-2H3,(H,10,11). The molecular formula is C9H12O4S. The predicted octanol–water partition coefficient (Wildman–Crippen LogP) is 1.67. The maximum atomic E-state index is 10.8. The van der Waals surface area contributed by atoms with Crippen LogP contribution in [0, 0.1) is 0 Å². The highest BCUT2D eigenvalue weighted by Gasteiger charge is 2.07. The van der Waals surface area contributed by atoms with Crippen LogP contribution in [0.1, 0.15) is 6.92 Å². The van der Waals surface area contributed by atoms with Gasteiger partial charge in [-0.15, -0.1) is 0 Å². The van der Waals surface area contributed by atoms with Gasteiger partial charge in [0, 0.05) is 6.07 Å². The van der Waals surface area contributed by atoms with Crippen molar-refractivity contribution in [3.05, 3.63) is 18.2 Å². The van der Waals surface area contributed by atoms with Crippen molar-refractivity contribution < 1.29 is 18.2 Å². The van der Waals surface area contributed by atoms with Crippen LogP contribution < -0.4 is 9.47 Å². The van der Waals surface area contributed by atoms with Crippen LogP contribution in [0.5, 0.6) is 11.5 Å². The number of rotatable bonds is 4. The minimum absolute atomic E-state index is 0.297. The van der Waals surface area contributed by atoms with Crippen molar-refractivity contribution in [2.75, 3.05) is 13.7 Å². The van der Waals surface area contributed by atoms with Crippen LogP contribution in [-0.4, -0.2) is 22.5 Å². The molecule has 0 amide bonds. The number of ether oxygens (including phenoxy) is 2. The van der Waals surface area contributed by atoms with Gasteiger partial charge in [0.2, 0.25) is 0 Å². The highest BCUT2D eigenvalue weighted by Crippen LogP contribution is 2.28. The molecule has 0 aliphatic rings. The van der Waals surface area contributed by atoms with Gasteiger partial charge in [-0.2, -0.15) is 0 Å². The SMILES string of the molecule is CCOc1ccc(S(=O)O)cc1OC. The largest absolute Gasteiger partial charge is 0.493 e.